The summed E-state index contributed by atoms with van der Waals surface area (Å²) in [6.45, 7) is 0.560. The second-order valence-corrected chi connectivity index (χ2v) is 1.18. The summed E-state index contributed by atoms with van der Waals surface area (Å²) >= 11 is 0. The van der Waals surface area contributed by atoms with E-state index >= 15 is 0 Å². The second-order valence-electron chi connectivity index (χ2n) is 1.18. The molecule has 0 aromatic carbocycles. The van der Waals surface area contributed by atoms with Crippen LogP contribution in [0.4, 0.5) is 0 Å². The van der Waals surface area contributed by atoms with Gasteiger partial charge in [-0.2, -0.15) is 0 Å². The number of nitrogens with two attached hydrogens (primary N) is 1. The van der Waals surface area contributed by atoms with Crippen LogP contribution in [0.1, 0.15) is 12.8 Å². The molecule has 0 saturated carbocycles. The third-order valence-corrected chi connectivity index (χ3v) is 0.583. The number of halogens is 1. The minimum atomic E-state index is 0. The predicted molar refractivity (Wildman–Crippen MR) is 35.5 cm³/mol. The number of hydrogen-bond acceptors (Lipinski definition) is 2. The van der Waals surface area contributed by atoms with Gasteiger partial charge in [0.15, 0.2) is 0 Å². The van der Waals surface area contributed by atoms with Crippen LogP contribution in [0.25, 0.3) is 0 Å². The Morgan fingerprint density at radius 1 is 1.62 bits per heavy atom. The van der Waals surface area contributed by atoms with Gasteiger partial charge in [0.25, 0.3) is 0 Å². The molecule has 0 aliphatic carbocycles. The van der Waals surface area contributed by atoms with Gasteiger partial charge in [0.2, 0.25) is 0 Å². The topological polar surface area (TPSA) is 35.2 Å². The summed E-state index contributed by atoms with van der Waals surface area (Å²) in [7, 11) is 0. The fraction of sp³-hybridized carbons (Fsp3) is 0.600. The first kappa shape index (κ1) is 10.7. The second kappa shape index (κ2) is 9.91. The van der Waals surface area contributed by atoms with Crippen LogP contribution in [-0.2, 0) is 4.84 Å². The minimum Gasteiger partial charge on any atom is -0.305 e. The van der Waals surface area contributed by atoms with Gasteiger partial charge in [-0.25, -0.2) is 5.90 Å². The van der Waals surface area contributed by atoms with E-state index in [4.69, 9.17) is 12.3 Å². The quantitative estimate of drug-likeness (QED) is 0.352. The van der Waals surface area contributed by atoms with E-state index in [0.29, 0.717) is 6.61 Å². The molecular formula is C5H10ClNO. The SMILES string of the molecule is C#CCCCON.Cl. The lowest BCUT2D eigenvalue weighted by atomic mass is 10.3. The van der Waals surface area contributed by atoms with Crippen molar-refractivity contribution in [3.63, 3.8) is 0 Å². The van der Waals surface area contributed by atoms with Gasteiger partial charge < -0.3 is 4.84 Å². The molecule has 2 nitrogen and oxygen atoms in total. The van der Waals surface area contributed by atoms with Crippen molar-refractivity contribution in [2.45, 2.75) is 12.8 Å². The monoisotopic (exact) mass is 135 g/mol. The highest BCUT2D eigenvalue weighted by molar-refractivity contribution is 5.85. The van der Waals surface area contributed by atoms with Crippen LogP contribution in [0.2, 0.25) is 0 Å². The molecular weight excluding hydrogens is 126 g/mol. The Morgan fingerprint density at radius 2 is 2.25 bits per heavy atom. The molecule has 2 N–H and O–H groups in total. The molecule has 0 unspecified atom stereocenters. The van der Waals surface area contributed by atoms with Crippen LogP contribution < -0.4 is 5.90 Å². The van der Waals surface area contributed by atoms with Crippen LogP contribution in [0.15, 0.2) is 0 Å². The van der Waals surface area contributed by atoms with Crippen LogP contribution in [0.5, 0.6) is 0 Å². The van der Waals surface area contributed by atoms with Crippen LogP contribution >= 0.6 is 12.4 Å². The zero-order chi connectivity index (χ0) is 5.54. The van der Waals surface area contributed by atoms with Crippen molar-refractivity contribution in [3.8, 4) is 12.3 Å². The molecule has 0 heterocycles. The van der Waals surface area contributed by atoms with Crippen LogP contribution in [0, 0.1) is 12.3 Å². The average molecular weight is 136 g/mol. The van der Waals surface area contributed by atoms with E-state index in [1.807, 2.05) is 0 Å². The van der Waals surface area contributed by atoms with Crippen molar-refractivity contribution in [1.82, 2.24) is 0 Å². The van der Waals surface area contributed by atoms with E-state index in [0.717, 1.165) is 12.8 Å². The largest absolute Gasteiger partial charge is 0.305 e. The molecule has 48 valence electrons. The molecule has 0 aliphatic rings. The number of hydrogen-bond donors (Lipinski definition) is 1. The zero-order valence-electron chi connectivity index (χ0n) is 4.59. The standard InChI is InChI=1S/C5H9NO.ClH/c1-2-3-4-5-7-6;/h1H,3-6H2;1H. The van der Waals surface area contributed by atoms with Gasteiger partial charge in [-0.15, -0.1) is 24.8 Å². The predicted octanol–water partition coefficient (Wildman–Crippen LogP) is 0.712. The maximum absolute atomic E-state index is 4.92. The Balaban J connectivity index is 0. The Kier molecular flexibility index (Phi) is 13.2. The third-order valence-electron chi connectivity index (χ3n) is 0.583. The summed E-state index contributed by atoms with van der Waals surface area (Å²) in [5, 5.41) is 0. The van der Waals surface area contributed by atoms with E-state index in [1.54, 1.807) is 0 Å². The van der Waals surface area contributed by atoms with Crippen LogP contribution in [-0.4, -0.2) is 6.61 Å². The highest BCUT2D eigenvalue weighted by atomic mass is 35.5. The van der Waals surface area contributed by atoms with Gasteiger partial charge in [0, 0.05) is 6.42 Å². The van der Waals surface area contributed by atoms with Gasteiger partial charge in [0.05, 0.1) is 6.61 Å². The van der Waals surface area contributed by atoms with Crippen molar-refractivity contribution in [2.75, 3.05) is 6.61 Å². The first-order valence-electron chi connectivity index (χ1n) is 2.17. The fourth-order valence-electron chi connectivity index (χ4n) is 0.258. The molecule has 0 radical (unpaired) electrons. The molecule has 3 heteroatoms. The minimum absolute atomic E-state index is 0. The molecule has 0 atom stereocenters. The van der Waals surface area contributed by atoms with Crippen molar-refractivity contribution >= 4 is 12.4 Å². The molecule has 0 amide bonds. The molecule has 0 bridgehead atoms. The summed E-state index contributed by atoms with van der Waals surface area (Å²) in [5.41, 5.74) is 0. The van der Waals surface area contributed by atoms with E-state index in [9.17, 15) is 0 Å². The molecule has 8 heavy (non-hydrogen) atoms. The van der Waals surface area contributed by atoms with Gasteiger partial charge in [-0.1, -0.05) is 0 Å². The zero-order valence-corrected chi connectivity index (χ0v) is 5.41. The number of rotatable bonds is 3. The summed E-state index contributed by atoms with van der Waals surface area (Å²) in [5.74, 6) is 7.17. The van der Waals surface area contributed by atoms with Crippen molar-refractivity contribution in [3.05, 3.63) is 0 Å². The molecule has 0 aromatic rings. The first-order valence-corrected chi connectivity index (χ1v) is 2.17. The van der Waals surface area contributed by atoms with Gasteiger partial charge in [0.1, 0.15) is 0 Å². The molecule has 0 rings (SSSR count). The Hall–Kier alpha value is -0.230. The smallest absolute Gasteiger partial charge is 0.0688 e. The van der Waals surface area contributed by atoms with Crippen molar-refractivity contribution in [2.24, 2.45) is 5.90 Å². The van der Waals surface area contributed by atoms with Crippen molar-refractivity contribution < 1.29 is 4.84 Å². The Labute approximate surface area is 55.8 Å². The molecule has 0 fully saturated rings. The highest BCUT2D eigenvalue weighted by Gasteiger charge is 1.77. The van der Waals surface area contributed by atoms with E-state index in [-0.39, 0.29) is 12.4 Å². The normalized spacial score (nSPS) is 7.00. The van der Waals surface area contributed by atoms with Gasteiger partial charge in [-0.05, 0) is 6.42 Å². The average Bonchev–Trinajstić information content (AvgIpc) is 1.69. The van der Waals surface area contributed by atoms with E-state index in [2.05, 4.69) is 10.8 Å². The molecule has 0 spiro atoms. The lowest BCUT2D eigenvalue weighted by molar-refractivity contribution is 0.136. The summed E-state index contributed by atoms with van der Waals surface area (Å²) in [4.78, 5) is 4.25. The number of unbranched alkanes of at least 4 members (excludes halogenated alkanes) is 1. The number of terminal acetylenes is 1. The van der Waals surface area contributed by atoms with Gasteiger partial charge in [-0.3, -0.25) is 0 Å². The summed E-state index contributed by atoms with van der Waals surface area (Å²) in [6.07, 6.45) is 6.52. The molecule has 0 saturated heterocycles. The van der Waals surface area contributed by atoms with Crippen molar-refractivity contribution in [1.29, 1.82) is 0 Å². The molecule has 0 aliphatic heterocycles. The van der Waals surface area contributed by atoms with E-state index < -0.39 is 0 Å². The maximum atomic E-state index is 4.92. The maximum Gasteiger partial charge on any atom is 0.0688 e. The van der Waals surface area contributed by atoms with E-state index in [1.165, 1.54) is 0 Å². The van der Waals surface area contributed by atoms with Crippen LogP contribution in [0.3, 0.4) is 0 Å². The highest BCUT2D eigenvalue weighted by Crippen LogP contribution is 1.82. The lowest BCUT2D eigenvalue weighted by Gasteiger charge is -1.88. The first-order chi connectivity index (χ1) is 3.41. The Morgan fingerprint density at radius 3 is 2.62 bits per heavy atom. The Bertz CT molecular complexity index is 69.3. The summed E-state index contributed by atoms with van der Waals surface area (Å²) < 4.78 is 0. The fourth-order valence-corrected chi connectivity index (χ4v) is 0.258. The third kappa shape index (κ3) is 9.24. The van der Waals surface area contributed by atoms with Gasteiger partial charge >= 0.3 is 0 Å². The summed E-state index contributed by atoms with van der Waals surface area (Å²) in [6, 6.07) is 0. The molecule has 0 aromatic heterocycles. The lowest BCUT2D eigenvalue weighted by Crippen LogP contribution is -1.99.